The molecule has 0 aliphatic heterocycles. The summed E-state index contributed by atoms with van der Waals surface area (Å²) in [5.41, 5.74) is 0. The Labute approximate surface area is 80.5 Å². The van der Waals surface area contributed by atoms with Crippen LogP contribution >= 0.6 is 0 Å². The van der Waals surface area contributed by atoms with E-state index < -0.39 is 10.8 Å². The minimum Gasteiger partial charge on any atom is -0.356 e. The summed E-state index contributed by atoms with van der Waals surface area (Å²) in [5.74, 6) is 0.186. The van der Waals surface area contributed by atoms with Gasteiger partial charge in [-0.05, 0) is 13.3 Å². The van der Waals surface area contributed by atoms with Crippen molar-refractivity contribution in [3.05, 3.63) is 0 Å². The van der Waals surface area contributed by atoms with Crippen molar-refractivity contribution in [2.24, 2.45) is 0 Å². The van der Waals surface area contributed by atoms with E-state index in [1.54, 1.807) is 6.26 Å². The molecule has 1 atom stereocenters. The average Bonchev–Trinajstić information content (AvgIpc) is 1.96. The van der Waals surface area contributed by atoms with E-state index >= 15 is 0 Å². The lowest BCUT2D eigenvalue weighted by atomic mass is 10.3. The Bertz CT molecular complexity index is 215. The summed E-state index contributed by atoms with van der Waals surface area (Å²) in [5, 5.41) is 2.58. The van der Waals surface area contributed by atoms with Crippen LogP contribution in [0.1, 0.15) is 19.8 Å². The van der Waals surface area contributed by atoms with Crippen molar-refractivity contribution in [3.63, 3.8) is 0 Å². The molecule has 0 radical (unpaired) electrons. The monoisotopic (exact) mass is 205 g/mol. The molecule has 13 heavy (non-hydrogen) atoms. The topological polar surface area (TPSA) is 63.2 Å². The number of amides is 1. The van der Waals surface area contributed by atoms with Crippen LogP contribution < -0.4 is 5.32 Å². The number of carbonyl (C=O) groups is 2. The van der Waals surface area contributed by atoms with Crippen molar-refractivity contribution in [2.45, 2.75) is 19.8 Å². The van der Waals surface area contributed by atoms with E-state index in [4.69, 9.17) is 0 Å². The molecule has 4 nitrogen and oxygen atoms in total. The maximum atomic E-state index is 10.9. The van der Waals surface area contributed by atoms with E-state index in [-0.39, 0.29) is 18.1 Å². The first-order chi connectivity index (χ1) is 6.02. The molecule has 1 unspecified atom stereocenters. The molecule has 0 saturated carbocycles. The van der Waals surface area contributed by atoms with Gasteiger partial charge in [-0.15, -0.1) is 0 Å². The van der Waals surface area contributed by atoms with Gasteiger partial charge in [0.2, 0.25) is 5.91 Å². The maximum Gasteiger partial charge on any atom is 0.227 e. The maximum absolute atomic E-state index is 10.9. The molecule has 0 bridgehead atoms. The molecular weight excluding hydrogens is 190 g/mol. The smallest absolute Gasteiger partial charge is 0.227 e. The quantitative estimate of drug-likeness (QED) is 0.484. The second kappa shape index (κ2) is 6.77. The highest BCUT2D eigenvalue weighted by Gasteiger charge is 2.03. The van der Waals surface area contributed by atoms with Gasteiger partial charge in [0.1, 0.15) is 5.78 Å². The molecule has 0 heterocycles. The van der Waals surface area contributed by atoms with Crippen molar-refractivity contribution in [3.8, 4) is 0 Å². The van der Waals surface area contributed by atoms with Crippen LogP contribution in [0.25, 0.3) is 0 Å². The van der Waals surface area contributed by atoms with Gasteiger partial charge in [-0.25, -0.2) is 0 Å². The van der Waals surface area contributed by atoms with Crippen LogP contribution in [0.4, 0.5) is 0 Å². The summed E-state index contributed by atoms with van der Waals surface area (Å²) in [7, 11) is -0.809. The fourth-order valence-electron chi connectivity index (χ4n) is 0.792. The first-order valence-corrected chi connectivity index (χ1v) is 5.81. The number of carbonyl (C=O) groups excluding carboxylic acids is 2. The lowest BCUT2D eigenvalue weighted by molar-refractivity contribution is -0.127. The molecule has 5 heteroatoms. The van der Waals surface area contributed by atoms with E-state index in [9.17, 15) is 13.8 Å². The van der Waals surface area contributed by atoms with Gasteiger partial charge in [-0.1, -0.05) is 0 Å². The van der Waals surface area contributed by atoms with Crippen molar-refractivity contribution < 1.29 is 13.8 Å². The predicted molar refractivity (Wildman–Crippen MR) is 51.9 cm³/mol. The standard InChI is InChI=1S/C8H15NO3S/c1-7(10)6-8(11)9-4-3-5-13(2)12/h3-6H2,1-2H3,(H,9,11). The van der Waals surface area contributed by atoms with E-state index in [1.807, 2.05) is 0 Å². The fourth-order valence-corrected chi connectivity index (χ4v) is 1.34. The summed E-state index contributed by atoms with van der Waals surface area (Å²) in [6, 6.07) is 0. The van der Waals surface area contributed by atoms with Crippen LogP contribution in [0.5, 0.6) is 0 Å². The van der Waals surface area contributed by atoms with Crippen LogP contribution in [0, 0.1) is 0 Å². The average molecular weight is 205 g/mol. The molecule has 0 aromatic rings. The largest absolute Gasteiger partial charge is 0.356 e. The molecule has 0 aliphatic carbocycles. The van der Waals surface area contributed by atoms with Gasteiger partial charge in [0.25, 0.3) is 0 Å². The number of Topliss-reactive ketones (excluding diaryl/α,β-unsaturated/α-hetero) is 1. The number of rotatable bonds is 6. The lowest BCUT2D eigenvalue weighted by Gasteiger charge is -2.01. The van der Waals surface area contributed by atoms with Gasteiger partial charge in [0.15, 0.2) is 0 Å². The highest BCUT2D eigenvalue weighted by Crippen LogP contribution is 1.84. The molecule has 0 aromatic carbocycles. The first-order valence-electron chi connectivity index (χ1n) is 4.08. The molecule has 0 saturated heterocycles. The first kappa shape index (κ1) is 12.3. The van der Waals surface area contributed by atoms with Crippen LogP contribution in [0.15, 0.2) is 0 Å². The SMILES string of the molecule is CC(=O)CC(=O)NCCCS(C)=O. The van der Waals surface area contributed by atoms with Crippen LogP contribution in [0.2, 0.25) is 0 Å². The second-order valence-electron chi connectivity index (χ2n) is 2.86. The molecule has 0 fully saturated rings. The molecule has 0 aliphatic rings. The van der Waals surface area contributed by atoms with Gasteiger partial charge in [-0.2, -0.15) is 0 Å². The highest BCUT2D eigenvalue weighted by atomic mass is 32.2. The van der Waals surface area contributed by atoms with Crippen LogP contribution in [-0.2, 0) is 20.4 Å². The third-order valence-electron chi connectivity index (χ3n) is 1.34. The zero-order chi connectivity index (χ0) is 10.3. The van der Waals surface area contributed by atoms with E-state index in [2.05, 4.69) is 5.32 Å². The van der Waals surface area contributed by atoms with Crippen LogP contribution in [-0.4, -0.2) is 34.5 Å². The fraction of sp³-hybridized carbons (Fsp3) is 0.750. The molecule has 1 amide bonds. The van der Waals surface area contributed by atoms with Gasteiger partial charge in [0.05, 0.1) is 6.42 Å². The van der Waals surface area contributed by atoms with Gasteiger partial charge < -0.3 is 5.32 Å². The lowest BCUT2D eigenvalue weighted by Crippen LogP contribution is -2.26. The Morgan fingerprint density at radius 2 is 2.00 bits per heavy atom. The molecule has 1 N–H and O–H groups in total. The van der Waals surface area contributed by atoms with Crippen molar-refractivity contribution in [1.82, 2.24) is 5.32 Å². The van der Waals surface area contributed by atoms with E-state index in [0.29, 0.717) is 18.7 Å². The second-order valence-corrected chi connectivity index (χ2v) is 4.41. The minimum absolute atomic E-state index is 0.0603. The van der Waals surface area contributed by atoms with Crippen LogP contribution in [0.3, 0.4) is 0 Å². The zero-order valence-corrected chi connectivity index (χ0v) is 8.78. The molecule has 0 spiro atoms. The normalized spacial score (nSPS) is 12.2. The van der Waals surface area contributed by atoms with Gasteiger partial charge >= 0.3 is 0 Å². The number of ketones is 1. The third kappa shape index (κ3) is 9.20. The van der Waals surface area contributed by atoms with Gasteiger partial charge in [0, 0.05) is 29.4 Å². The number of hydrogen-bond donors (Lipinski definition) is 1. The van der Waals surface area contributed by atoms with Crippen molar-refractivity contribution in [1.29, 1.82) is 0 Å². The summed E-state index contributed by atoms with van der Waals surface area (Å²) >= 11 is 0. The summed E-state index contributed by atoms with van der Waals surface area (Å²) in [4.78, 5) is 21.4. The predicted octanol–water partition coefficient (Wildman–Crippen LogP) is -0.150. The Morgan fingerprint density at radius 3 is 2.46 bits per heavy atom. The number of hydrogen-bond acceptors (Lipinski definition) is 3. The van der Waals surface area contributed by atoms with Crippen molar-refractivity contribution in [2.75, 3.05) is 18.6 Å². The highest BCUT2D eigenvalue weighted by molar-refractivity contribution is 7.84. The summed E-state index contributed by atoms with van der Waals surface area (Å²) in [6.07, 6.45) is 2.25. The zero-order valence-electron chi connectivity index (χ0n) is 7.96. The molecule has 0 aromatic heterocycles. The Balaban J connectivity index is 3.37. The van der Waals surface area contributed by atoms with E-state index in [1.165, 1.54) is 6.92 Å². The minimum atomic E-state index is -0.809. The molecule has 0 rings (SSSR count). The third-order valence-corrected chi connectivity index (χ3v) is 2.20. The van der Waals surface area contributed by atoms with E-state index in [0.717, 1.165) is 0 Å². The Hall–Kier alpha value is -0.710. The van der Waals surface area contributed by atoms with Crippen molar-refractivity contribution >= 4 is 22.5 Å². The van der Waals surface area contributed by atoms with Gasteiger partial charge in [-0.3, -0.25) is 13.8 Å². The molecular formula is C8H15NO3S. The summed E-state index contributed by atoms with van der Waals surface area (Å²) in [6.45, 7) is 1.87. The number of nitrogens with one attached hydrogen (secondary N) is 1. The Morgan fingerprint density at radius 1 is 1.38 bits per heavy atom. The molecule has 76 valence electrons. The Kier molecular flexibility index (Phi) is 6.40. The summed E-state index contributed by atoms with van der Waals surface area (Å²) < 4.78 is 10.6.